The molecule has 1 amide bonds. The summed E-state index contributed by atoms with van der Waals surface area (Å²) in [7, 11) is 0. The second-order valence-electron chi connectivity index (χ2n) is 8.11. The van der Waals surface area contributed by atoms with Gasteiger partial charge in [0, 0.05) is 57.7 Å². The van der Waals surface area contributed by atoms with E-state index in [0.29, 0.717) is 13.1 Å². The number of imidazole rings is 1. The molecule has 0 saturated carbocycles. The van der Waals surface area contributed by atoms with Crippen LogP contribution < -0.4 is 10.6 Å². The number of rotatable bonds is 8. The molecule has 0 unspecified atom stereocenters. The number of hydrogen-bond acceptors (Lipinski definition) is 4. The van der Waals surface area contributed by atoms with E-state index < -0.39 is 0 Å². The fourth-order valence-electron chi connectivity index (χ4n) is 3.68. The van der Waals surface area contributed by atoms with E-state index in [1.807, 2.05) is 32.3 Å². The quantitative estimate of drug-likeness (QED) is 0.496. The summed E-state index contributed by atoms with van der Waals surface area (Å²) in [5, 5.41) is 6.37. The lowest BCUT2D eigenvalue weighted by molar-refractivity contribution is -0.123. The molecular weight excluding hydrogens is 390 g/mol. The molecule has 1 fully saturated rings. The third kappa shape index (κ3) is 7.10. The number of benzene rings is 1. The zero-order valence-corrected chi connectivity index (χ0v) is 18.9. The summed E-state index contributed by atoms with van der Waals surface area (Å²) in [5.74, 6) is 1.94. The van der Waals surface area contributed by atoms with Gasteiger partial charge in [-0.05, 0) is 26.3 Å². The Morgan fingerprint density at radius 2 is 1.90 bits per heavy atom. The zero-order chi connectivity index (χ0) is 22.1. The van der Waals surface area contributed by atoms with Gasteiger partial charge in [-0.3, -0.25) is 9.69 Å². The number of hydrogen-bond donors (Lipinski definition) is 2. The normalized spacial score (nSPS) is 15.4. The first-order valence-corrected chi connectivity index (χ1v) is 11.1. The van der Waals surface area contributed by atoms with Crippen molar-refractivity contribution in [3.05, 3.63) is 54.1 Å². The Balaban J connectivity index is 1.57. The number of carbonyl (C=O) groups is 1. The molecule has 2 N–H and O–H groups in total. The number of nitrogens with one attached hydrogen (secondary N) is 2. The molecule has 3 rings (SSSR count). The second-order valence-corrected chi connectivity index (χ2v) is 8.11. The molecule has 8 nitrogen and oxygen atoms in total. The van der Waals surface area contributed by atoms with Gasteiger partial charge < -0.3 is 20.1 Å². The van der Waals surface area contributed by atoms with Crippen molar-refractivity contribution in [3.8, 4) is 0 Å². The molecular formula is C23H35N7O. The summed E-state index contributed by atoms with van der Waals surface area (Å²) in [4.78, 5) is 25.9. The number of guanidine groups is 1. The van der Waals surface area contributed by atoms with Gasteiger partial charge >= 0.3 is 0 Å². The number of piperazine rings is 1. The molecule has 1 aromatic carbocycles. The Morgan fingerprint density at radius 3 is 2.58 bits per heavy atom. The Kier molecular flexibility index (Phi) is 8.46. The van der Waals surface area contributed by atoms with E-state index in [4.69, 9.17) is 4.99 Å². The predicted octanol–water partition coefficient (Wildman–Crippen LogP) is 1.54. The minimum Gasteiger partial charge on any atom is -0.357 e. The fraction of sp³-hybridized carbons (Fsp3) is 0.522. The van der Waals surface area contributed by atoms with E-state index in [0.717, 1.165) is 51.1 Å². The zero-order valence-electron chi connectivity index (χ0n) is 18.9. The van der Waals surface area contributed by atoms with Crippen LogP contribution in [0.1, 0.15) is 32.2 Å². The summed E-state index contributed by atoms with van der Waals surface area (Å²) in [5.41, 5.74) is 1.25. The van der Waals surface area contributed by atoms with E-state index in [2.05, 4.69) is 61.2 Å². The Hall–Kier alpha value is -2.87. The number of aromatic nitrogens is 2. The van der Waals surface area contributed by atoms with Crippen LogP contribution in [0.2, 0.25) is 0 Å². The molecule has 0 spiro atoms. The first-order chi connectivity index (χ1) is 15.0. The van der Waals surface area contributed by atoms with Gasteiger partial charge in [-0.1, -0.05) is 30.3 Å². The van der Waals surface area contributed by atoms with Crippen molar-refractivity contribution in [2.45, 2.75) is 39.9 Å². The second kappa shape index (κ2) is 11.5. The van der Waals surface area contributed by atoms with Crippen molar-refractivity contribution in [3.63, 3.8) is 0 Å². The van der Waals surface area contributed by atoms with Crippen molar-refractivity contribution in [1.82, 2.24) is 30.0 Å². The lowest BCUT2D eigenvalue weighted by Crippen LogP contribution is -2.54. The lowest BCUT2D eigenvalue weighted by atomic mass is 10.2. The largest absolute Gasteiger partial charge is 0.357 e. The molecule has 2 heterocycles. The lowest BCUT2D eigenvalue weighted by Gasteiger charge is -2.36. The van der Waals surface area contributed by atoms with Gasteiger partial charge in [0.25, 0.3) is 0 Å². The third-order valence-corrected chi connectivity index (χ3v) is 5.19. The maximum atomic E-state index is 12.0. The SMILES string of the molecule is CCNC(=NCc1nccn1Cc1ccccc1)N1CCN(CC(=O)NC(C)C)CC1. The minimum absolute atomic E-state index is 0.0919. The maximum Gasteiger partial charge on any atom is 0.234 e. The van der Waals surface area contributed by atoms with Crippen LogP contribution in [0.5, 0.6) is 0 Å². The summed E-state index contributed by atoms with van der Waals surface area (Å²) >= 11 is 0. The number of amides is 1. The van der Waals surface area contributed by atoms with Crippen LogP contribution in [0, 0.1) is 0 Å². The molecule has 31 heavy (non-hydrogen) atoms. The van der Waals surface area contributed by atoms with Gasteiger partial charge in [-0.25, -0.2) is 9.98 Å². The van der Waals surface area contributed by atoms with E-state index in [1.54, 1.807) is 0 Å². The van der Waals surface area contributed by atoms with Crippen molar-refractivity contribution < 1.29 is 4.79 Å². The van der Waals surface area contributed by atoms with Crippen molar-refractivity contribution in [2.24, 2.45) is 4.99 Å². The Labute approximate surface area is 185 Å². The van der Waals surface area contributed by atoms with Gasteiger partial charge in [-0.15, -0.1) is 0 Å². The molecule has 2 aromatic rings. The maximum absolute atomic E-state index is 12.0. The highest BCUT2D eigenvalue weighted by Crippen LogP contribution is 2.08. The van der Waals surface area contributed by atoms with Crippen molar-refractivity contribution in [1.29, 1.82) is 0 Å². The van der Waals surface area contributed by atoms with Crippen LogP contribution in [-0.2, 0) is 17.9 Å². The molecule has 0 aliphatic carbocycles. The van der Waals surface area contributed by atoms with Gasteiger partial charge in [0.05, 0.1) is 6.54 Å². The van der Waals surface area contributed by atoms with Crippen molar-refractivity contribution >= 4 is 11.9 Å². The highest BCUT2D eigenvalue weighted by molar-refractivity contribution is 5.80. The Bertz CT molecular complexity index is 839. The van der Waals surface area contributed by atoms with Crippen LogP contribution in [0.3, 0.4) is 0 Å². The van der Waals surface area contributed by atoms with Crippen LogP contribution in [-0.4, -0.2) is 76.5 Å². The number of aliphatic imine (C=N–C) groups is 1. The fourth-order valence-corrected chi connectivity index (χ4v) is 3.68. The predicted molar refractivity (Wildman–Crippen MR) is 124 cm³/mol. The summed E-state index contributed by atoms with van der Waals surface area (Å²) in [6.07, 6.45) is 3.84. The average molecular weight is 426 g/mol. The molecule has 1 aliphatic rings. The molecule has 0 atom stereocenters. The first-order valence-electron chi connectivity index (χ1n) is 11.1. The minimum atomic E-state index is 0.0919. The van der Waals surface area contributed by atoms with E-state index in [-0.39, 0.29) is 11.9 Å². The molecule has 1 saturated heterocycles. The Morgan fingerprint density at radius 1 is 1.16 bits per heavy atom. The molecule has 0 radical (unpaired) electrons. The summed E-state index contributed by atoms with van der Waals surface area (Å²) < 4.78 is 2.15. The van der Waals surface area contributed by atoms with E-state index in [1.165, 1.54) is 5.56 Å². The van der Waals surface area contributed by atoms with Crippen molar-refractivity contribution in [2.75, 3.05) is 39.3 Å². The number of carbonyl (C=O) groups excluding carboxylic acids is 1. The molecule has 8 heteroatoms. The monoisotopic (exact) mass is 425 g/mol. The molecule has 168 valence electrons. The average Bonchev–Trinajstić information content (AvgIpc) is 3.19. The van der Waals surface area contributed by atoms with E-state index >= 15 is 0 Å². The molecule has 1 aliphatic heterocycles. The standard InChI is InChI=1S/C23H35N7O/c1-4-24-23(29-14-12-28(13-15-29)18-22(31)27-19(2)3)26-16-21-25-10-11-30(21)17-20-8-6-5-7-9-20/h5-11,19H,4,12-18H2,1-3H3,(H,24,26)(H,27,31). The van der Waals surface area contributed by atoms with Crippen LogP contribution >= 0.6 is 0 Å². The molecule has 0 bridgehead atoms. The van der Waals surface area contributed by atoms with Gasteiger partial charge in [0.2, 0.25) is 5.91 Å². The highest BCUT2D eigenvalue weighted by atomic mass is 16.2. The third-order valence-electron chi connectivity index (χ3n) is 5.19. The van der Waals surface area contributed by atoms with Gasteiger partial charge in [-0.2, -0.15) is 0 Å². The van der Waals surface area contributed by atoms with Crippen LogP contribution in [0.4, 0.5) is 0 Å². The first kappa shape index (κ1) is 22.8. The summed E-state index contributed by atoms with van der Waals surface area (Å²) in [6.45, 7) is 12.0. The smallest absolute Gasteiger partial charge is 0.234 e. The topological polar surface area (TPSA) is 77.8 Å². The number of nitrogens with zero attached hydrogens (tertiary/aromatic N) is 5. The van der Waals surface area contributed by atoms with Crippen LogP contribution in [0.15, 0.2) is 47.7 Å². The van der Waals surface area contributed by atoms with Gasteiger partial charge in [0.15, 0.2) is 5.96 Å². The van der Waals surface area contributed by atoms with Gasteiger partial charge in [0.1, 0.15) is 12.4 Å². The highest BCUT2D eigenvalue weighted by Gasteiger charge is 2.21. The van der Waals surface area contributed by atoms with E-state index in [9.17, 15) is 4.79 Å². The van der Waals surface area contributed by atoms with Crippen LogP contribution in [0.25, 0.3) is 0 Å². The molecule has 1 aromatic heterocycles. The summed E-state index contributed by atoms with van der Waals surface area (Å²) in [6, 6.07) is 10.6.